The van der Waals surface area contributed by atoms with Gasteiger partial charge in [-0.1, -0.05) is 0 Å². The van der Waals surface area contributed by atoms with Crippen LogP contribution in [0.25, 0.3) is 16.7 Å². The van der Waals surface area contributed by atoms with E-state index >= 15 is 0 Å². The van der Waals surface area contributed by atoms with Crippen molar-refractivity contribution in [1.82, 2.24) is 23.9 Å². The molecule has 1 aromatic carbocycles. The number of benzene rings is 1. The number of carbonyl (C=O) groups is 1. The van der Waals surface area contributed by atoms with Gasteiger partial charge in [-0.15, -0.1) is 0 Å². The summed E-state index contributed by atoms with van der Waals surface area (Å²) in [4.78, 5) is 33.5. The average Bonchev–Trinajstić information content (AvgIpc) is 3.54. The molecule has 0 bridgehead atoms. The summed E-state index contributed by atoms with van der Waals surface area (Å²) in [5.74, 6) is -1.99. The van der Waals surface area contributed by atoms with Crippen molar-refractivity contribution in [2.24, 2.45) is 7.05 Å². The molecule has 1 fully saturated rings. The van der Waals surface area contributed by atoms with Crippen LogP contribution >= 0.6 is 0 Å². The Morgan fingerprint density at radius 2 is 1.85 bits per heavy atom. The van der Waals surface area contributed by atoms with Gasteiger partial charge < -0.3 is 14.8 Å². The Balaban J connectivity index is 1.21. The quantitative estimate of drug-likeness (QED) is 0.409. The third-order valence-corrected chi connectivity index (χ3v) is 8.26. The van der Waals surface area contributed by atoms with E-state index in [1.807, 2.05) is 29.9 Å². The van der Waals surface area contributed by atoms with Gasteiger partial charge in [0.05, 0.1) is 5.69 Å². The van der Waals surface area contributed by atoms with Gasteiger partial charge in [-0.05, 0) is 68.6 Å². The van der Waals surface area contributed by atoms with Crippen LogP contribution in [0.1, 0.15) is 45.9 Å². The highest BCUT2D eigenvalue weighted by molar-refractivity contribution is 5.94. The molecule has 1 saturated heterocycles. The molecule has 0 unspecified atom stereocenters. The number of pyridine rings is 2. The Kier molecular flexibility index (Phi) is 6.66. The molecular weight excluding hydrogens is 514 g/mol. The van der Waals surface area contributed by atoms with Crippen LogP contribution in [0, 0.1) is 11.6 Å². The summed E-state index contributed by atoms with van der Waals surface area (Å²) in [6.45, 7) is 2.79. The minimum atomic E-state index is -0.659. The molecule has 0 aliphatic carbocycles. The van der Waals surface area contributed by atoms with Crippen molar-refractivity contribution >= 4 is 22.6 Å². The molecule has 0 spiro atoms. The van der Waals surface area contributed by atoms with Crippen LogP contribution in [-0.2, 0) is 20.0 Å². The van der Waals surface area contributed by atoms with Crippen molar-refractivity contribution in [1.29, 1.82) is 0 Å². The lowest BCUT2D eigenvalue weighted by Crippen LogP contribution is -2.33. The van der Waals surface area contributed by atoms with Crippen molar-refractivity contribution in [2.75, 3.05) is 39.0 Å². The number of piperidine rings is 1. The maximum absolute atomic E-state index is 15.0. The van der Waals surface area contributed by atoms with E-state index in [0.29, 0.717) is 38.9 Å². The van der Waals surface area contributed by atoms with Gasteiger partial charge >= 0.3 is 0 Å². The van der Waals surface area contributed by atoms with Gasteiger partial charge in [-0.25, -0.2) is 13.8 Å². The number of fused-ring (bicyclic) bond motifs is 2. The van der Waals surface area contributed by atoms with Gasteiger partial charge in [-0.2, -0.15) is 0 Å². The van der Waals surface area contributed by atoms with Gasteiger partial charge in [0.15, 0.2) is 0 Å². The summed E-state index contributed by atoms with van der Waals surface area (Å²) >= 11 is 0. The number of nitrogens with one attached hydrogen (secondary N) is 1. The number of rotatable bonds is 5. The largest absolute Gasteiger partial charge is 0.384 e. The van der Waals surface area contributed by atoms with E-state index < -0.39 is 17.5 Å². The number of halogens is 2. The average molecular weight is 547 g/mol. The number of likely N-dealkylation sites (tertiary alicyclic amines) is 1. The molecule has 2 aliphatic heterocycles. The summed E-state index contributed by atoms with van der Waals surface area (Å²) in [5.41, 5.74) is 4.43. The van der Waals surface area contributed by atoms with E-state index in [1.165, 1.54) is 4.90 Å². The minimum absolute atomic E-state index is 0.0129. The number of aryl methyl sites for hydroxylation is 1. The molecule has 5 heterocycles. The lowest BCUT2D eigenvalue weighted by Gasteiger charge is -2.32. The number of amides is 1. The highest BCUT2D eigenvalue weighted by Crippen LogP contribution is 2.34. The van der Waals surface area contributed by atoms with Gasteiger partial charge in [0, 0.05) is 80.1 Å². The second-order valence-electron chi connectivity index (χ2n) is 10.9. The zero-order chi connectivity index (χ0) is 28.1. The van der Waals surface area contributed by atoms with Crippen LogP contribution in [0.3, 0.4) is 0 Å². The van der Waals surface area contributed by atoms with Crippen molar-refractivity contribution in [3.63, 3.8) is 0 Å². The fraction of sp³-hybridized carbons (Fsp3) is 0.367. The van der Waals surface area contributed by atoms with E-state index in [-0.39, 0.29) is 22.6 Å². The monoisotopic (exact) mass is 546 g/mol. The van der Waals surface area contributed by atoms with Crippen LogP contribution in [0.5, 0.6) is 0 Å². The standard InChI is InChI=1S/C30H32F2N6O2/c1-35(2)29(39)19-14-23(31)27(24(32)15-19)18-6-11-37(12-7-18)17-20-16-22-26(5-10-34-28(22)36(20)3)38-13-8-25-21(30(38)40)4-9-33-25/h5,8,10,13-16,18,33H,4,6-7,9,11-12,17H2,1-3H3. The molecule has 1 N–H and O–H groups in total. The van der Waals surface area contributed by atoms with Crippen molar-refractivity contribution in [3.05, 3.63) is 87.1 Å². The fourth-order valence-electron chi connectivity index (χ4n) is 6.08. The van der Waals surface area contributed by atoms with Gasteiger partial charge in [-0.3, -0.25) is 19.1 Å². The number of nitrogens with zero attached hydrogens (tertiary/aromatic N) is 5. The predicted molar refractivity (Wildman–Crippen MR) is 150 cm³/mol. The molecule has 1 amide bonds. The van der Waals surface area contributed by atoms with E-state index in [4.69, 9.17) is 0 Å². The highest BCUT2D eigenvalue weighted by Gasteiger charge is 2.28. The first-order valence-electron chi connectivity index (χ1n) is 13.6. The molecule has 40 heavy (non-hydrogen) atoms. The molecule has 0 radical (unpaired) electrons. The molecule has 2 aliphatic rings. The summed E-state index contributed by atoms with van der Waals surface area (Å²) in [5, 5.41) is 4.16. The normalized spacial score (nSPS) is 15.8. The number of hydrogen-bond acceptors (Lipinski definition) is 5. The molecular formula is C30H32F2N6O2. The van der Waals surface area contributed by atoms with Crippen LogP contribution < -0.4 is 10.9 Å². The molecule has 4 aromatic rings. The van der Waals surface area contributed by atoms with Crippen LogP contribution in [0.4, 0.5) is 14.5 Å². The zero-order valence-electron chi connectivity index (χ0n) is 22.9. The third kappa shape index (κ3) is 4.46. The Morgan fingerprint density at radius 3 is 2.55 bits per heavy atom. The van der Waals surface area contributed by atoms with Crippen LogP contribution in [0.2, 0.25) is 0 Å². The predicted octanol–water partition coefficient (Wildman–Crippen LogP) is 4.05. The smallest absolute Gasteiger partial charge is 0.260 e. The van der Waals surface area contributed by atoms with Gasteiger partial charge in [0.25, 0.3) is 11.5 Å². The highest BCUT2D eigenvalue weighted by atomic mass is 19.1. The van der Waals surface area contributed by atoms with Crippen molar-refractivity contribution in [2.45, 2.75) is 31.7 Å². The van der Waals surface area contributed by atoms with E-state index in [0.717, 1.165) is 52.3 Å². The SMILES string of the molecule is CN(C)C(=O)c1cc(F)c(C2CCN(Cc3cc4c(-n5ccc6c(c5=O)CCN6)ccnc4n3C)CC2)c(F)c1. The Bertz CT molecular complexity index is 1660. The minimum Gasteiger partial charge on any atom is -0.384 e. The first kappa shape index (κ1) is 26.2. The van der Waals surface area contributed by atoms with Crippen molar-refractivity contribution < 1.29 is 13.6 Å². The maximum Gasteiger partial charge on any atom is 0.260 e. The first-order valence-corrected chi connectivity index (χ1v) is 13.6. The number of aromatic nitrogens is 3. The van der Waals surface area contributed by atoms with Gasteiger partial charge in [0.2, 0.25) is 0 Å². The molecule has 3 aromatic heterocycles. The van der Waals surface area contributed by atoms with Crippen LogP contribution in [0.15, 0.2) is 47.5 Å². The van der Waals surface area contributed by atoms with E-state index in [1.54, 1.807) is 24.9 Å². The Hall–Kier alpha value is -4.05. The van der Waals surface area contributed by atoms with E-state index in [2.05, 4.69) is 21.3 Å². The second-order valence-corrected chi connectivity index (χ2v) is 10.9. The van der Waals surface area contributed by atoms with E-state index in [9.17, 15) is 18.4 Å². The topological polar surface area (TPSA) is 75.4 Å². The second kappa shape index (κ2) is 10.2. The Labute approximate surface area is 230 Å². The fourth-order valence-corrected chi connectivity index (χ4v) is 6.08. The molecule has 208 valence electrons. The lowest BCUT2D eigenvalue weighted by atomic mass is 9.88. The molecule has 0 atom stereocenters. The van der Waals surface area contributed by atoms with Crippen molar-refractivity contribution in [3.8, 4) is 5.69 Å². The molecule has 0 saturated carbocycles. The molecule has 6 rings (SSSR count). The van der Waals surface area contributed by atoms with Gasteiger partial charge in [0.1, 0.15) is 17.3 Å². The lowest BCUT2D eigenvalue weighted by molar-refractivity contribution is 0.0826. The maximum atomic E-state index is 15.0. The zero-order valence-corrected chi connectivity index (χ0v) is 22.9. The summed E-state index contributed by atoms with van der Waals surface area (Å²) in [6, 6.07) is 8.20. The number of carbonyl (C=O) groups excluding carboxylic acids is 1. The summed E-state index contributed by atoms with van der Waals surface area (Å²) in [7, 11) is 5.08. The molecule has 8 nitrogen and oxygen atoms in total. The molecule has 10 heteroatoms. The Morgan fingerprint density at radius 1 is 1.12 bits per heavy atom. The number of hydrogen-bond donors (Lipinski definition) is 1. The first-order chi connectivity index (χ1) is 19.2. The summed E-state index contributed by atoms with van der Waals surface area (Å²) < 4.78 is 33.6. The number of anilines is 1. The van der Waals surface area contributed by atoms with Crippen LogP contribution in [-0.4, -0.2) is 63.6 Å². The third-order valence-electron chi connectivity index (χ3n) is 8.26. The summed E-state index contributed by atoms with van der Waals surface area (Å²) in [6.07, 6.45) is 5.48.